The number of esters is 1. The van der Waals surface area contributed by atoms with Crippen LogP contribution < -0.4 is 10.6 Å². The normalized spacial score (nSPS) is 10.3. The van der Waals surface area contributed by atoms with Crippen LogP contribution in [0.5, 0.6) is 0 Å². The fourth-order valence-corrected chi connectivity index (χ4v) is 4.25. The van der Waals surface area contributed by atoms with Gasteiger partial charge < -0.3 is 14.5 Å². The van der Waals surface area contributed by atoms with Crippen LogP contribution in [-0.2, 0) is 4.74 Å². The highest BCUT2D eigenvalue weighted by atomic mass is 32.1. The first-order valence-corrected chi connectivity index (χ1v) is 11.0. The molecule has 164 valence electrons. The number of thiophene rings is 1. The molecule has 0 saturated heterocycles. The maximum absolute atomic E-state index is 12.6. The monoisotopic (exact) mass is 467 g/mol. The number of nitriles is 1. The number of benzene rings is 1. The molecule has 1 amide bonds. The minimum atomic E-state index is -0.532. The lowest BCUT2D eigenvalue weighted by molar-refractivity contribution is 0.0531. The Morgan fingerprint density at radius 2 is 1.94 bits per heavy atom. The van der Waals surface area contributed by atoms with E-state index < -0.39 is 11.9 Å². The number of carbonyl (C=O) groups is 2. The van der Waals surface area contributed by atoms with Gasteiger partial charge in [0.25, 0.3) is 5.91 Å². The van der Waals surface area contributed by atoms with Crippen molar-refractivity contribution in [2.45, 2.75) is 27.7 Å². The van der Waals surface area contributed by atoms with Crippen molar-refractivity contribution in [2.75, 3.05) is 11.9 Å². The van der Waals surface area contributed by atoms with E-state index in [2.05, 4.69) is 16.7 Å². The van der Waals surface area contributed by atoms with Crippen LogP contribution in [0.25, 0.3) is 11.3 Å². The third kappa shape index (κ3) is 4.88. The van der Waals surface area contributed by atoms with Crippen molar-refractivity contribution >= 4 is 45.5 Å². The van der Waals surface area contributed by atoms with E-state index in [-0.39, 0.29) is 23.0 Å². The number of hydrogen-bond donors (Lipinski definition) is 2. The summed E-state index contributed by atoms with van der Waals surface area (Å²) in [5, 5.41) is 15.1. The van der Waals surface area contributed by atoms with Crippen molar-refractivity contribution in [1.82, 2.24) is 5.32 Å². The maximum Gasteiger partial charge on any atom is 0.348 e. The lowest BCUT2D eigenvalue weighted by Crippen LogP contribution is -2.33. The molecule has 9 heteroatoms. The number of nitrogens with zero attached hydrogens (tertiary/aromatic N) is 1. The van der Waals surface area contributed by atoms with E-state index in [0.29, 0.717) is 21.2 Å². The van der Waals surface area contributed by atoms with Gasteiger partial charge in [-0.1, -0.05) is 12.1 Å². The number of aryl methyl sites for hydroxylation is 2. The number of rotatable bonds is 5. The van der Waals surface area contributed by atoms with Crippen LogP contribution in [0.3, 0.4) is 0 Å². The van der Waals surface area contributed by atoms with Gasteiger partial charge in [0.1, 0.15) is 21.7 Å². The molecule has 0 radical (unpaired) electrons. The van der Waals surface area contributed by atoms with Crippen LogP contribution in [0.1, 0.15) is 49.4 Å². The molecule has 3 aromatic rings. The Morgan fingerprint density at radius 1 is 1.19 bits per heavy atom. The van der Waals surface area contributed by atoms with Crippen molar-refractivity contribution in [3.8, 4) is 17.4 Å². The molecular formula is C23H21N3O4S2. The summed E-state index contributed by atoms with van der Waals surface area (Å²) in [4.78, 5) is 25.0. The Bertz CT molecular complexity index is 1250. The molecule has 2 aromatic heterocycles. The zero-order valence-electron chi connectivity index (χ0n) is 18.0. The highest BCUT2D eigenvalue weighted by molar-refractivity contribution is 7.80. The number of furan rings is 1. The molecule has 0 saturated carbocycles. The van der Waals surface area contributed by atoms with Crippen LogP contribution in [0, 0.1) is 32.1 Å². The van der Waals surface area contributed by atoms with Gasteiger partial charge in [0, 0.05) is 5.56 Å². The second kappa shape index (κ2) is 9.77. The van der Waals surface area contributed by atoms with Crippen molar-refractivity contribution < 1.29 is 18.7 Å². The summed E-state index contributed by atoms with van der Waals surface area (Å²) in [6.45, 7) is 7.62. The third-order valence-corrected chi connectivity index (χ3v) is 6.19. The van der Waals surface area contributed by atoms with Gasteiger partial charge in [-0.3, -0.25) is 10.1 Å². The average molecular weight is 468 g/mol. The van der Waals surface area contributed by atoms with Gasteiger partial charge in [0.15, 0.2) is 10.9 Å². The third-order valence-electron chi connectivity index (χ3n) is 4.79. The first-order valence-electron chi connectivity index (χ1n) is 9.75. The molecule has 0 bridgehead atoms. The zero-order valence-corrected chi connectivity index (χ0v) is 19.6. The molecular weight excluding hydrogens is 446 g/mol. The molecule has 0 fully saturated rings. The lowest BCUT2D eigenvalue weighted by Gasteiger charge is -2.07. The first-order chi connectivity index (χ1) is 15.2. The summed E-state index contributed by atoms with van der Waals surface area (Å²) in [6.07, 6.45) is 0. The quantitative estimate of drug-likeness (QED) is 0.397. The van der Waals surface area contributed by atoms with Crippen molar-refractivity contribution in [3.05, 3.63) is 63.2 Å². The van der Waals surface area contributed by atoms with Crippen molar-refractivity contribution in [2.24, 2.45) is 0 Å². The van der Waals surface area contributed by atoms with Crippen LogP contribution in [0.2, 0.25) is 0 Å². The summed E-state index contributed by atoms with van der Waals surface area (Å²) in [5.41, 5.74) is 3.92. The number of thiocarbonyl (C=S) groups is 1. The average Bonchev–Trinajstić information content (AvgIpc) is 3.35. The predicted octanol–water partition coefficient (Wildman–Crippen LogP) is 5.11. The van der Waals surface area contributed by atoms with E-state index >= 15 is 0 Å². The molecule has 1 aromatic carbocycles. The Balaban J connectivity index is 1.72. The summed E-state index contributed by atoms with van der Waals surface area (Å²) in [7, 11) is 0. The number of amides is 1. The number of nitrogens with one attached hydrogen (secondary N) is 2. The smallest absolute Gasteiger partial charge is 0.348 e. The number of anilines is 1. The number of hydrogen-bond acceptors (Lipinski definition) is 7. The lowest BCUT2D eigenvalue weighted by atomic mass is 10.1. The van der Waals surface area contributed by atoms with Gasteiger partial charge in [0.2, 0.25) is 0 Å². The highest BCUT2D eigenvalue weighted by Crippen LogP contribution is 2.33. The molecule has 2 heterocycles. The molecule has 0 aliphatic carbocycles. The van der Waals surface area contributed by atoms with Gasteiger partial charge in [0.05, 0.1) is 12.2 Å². The highest BCUT2D eigenvalue weighted by Gasteiger charge is 2.22. The second-order valence-electron chi connectivity index (χ2n) is 6.96. The minimum absolute atomic E-state index is 0.0210. The van der Waals surface area contributed by atoms with Crippen molar-refractivity contribution in [1.29, 1.82) is 5.26 Å². The molecule has 3 rings (SSSR count). The van der Waals surface area contributed by atoms with E-state index in [1.54, 1.807) is 26.0 Å². The zero-order chi connectivity index (χ0) is 23.4. The molecule has 7 nitrogen and oxygen atoms in total. The predicted molar refractivity (Wildman–Crippen MR) is 127 cm³/mol. The number of carbonyl (C=O) groups excluding carboxylic acids is 2. The van der Waals surface area contributed by atoms with E-state index in [4.69, 9.17) is 21.4 Å². The first kappa shape index (κ1) is 23.2. The second-order valence-corrected chi connectivity index (χ2v) is 8.39. The minimum Gasteiger partial charge on any atom is -0.462 e. The fraction of sp³-hybridized carbons (Fsp3) is 0.217. The molecule has 0 aliphatic heterocycles. The maximum atomic E-state index is 12.6. The SMILES string of the molecule is CCOC(=O)c1sc(NC(=S)NC(=O)c2ccc(-c3ccc(C)c(C)c3)o2)c(C#N)c1C. The van der Waals surface area contributed by atoms with Gasteiger partial charge >= 0.3 is 5.97 Å². The Hall–Kier alpha value is -3.48. The fourth-order valence-electron chi connectivity index (χ4n) is 2.94. The topological polar surface area (TPSA) is 104 Å². The van der Waals surface area contributed by atoms with E-state index in [1.165, 1.54) is 5.56 Å². The molecule has 32 heavy (non-hydrogen) atoms. The van der Waals surface area contributed by atoms with Gasteiger partial charge in [-0.05, 0) is 74.8 Å². The van der Waals surface area contributed by atoms with E-state index in [1.807, 2.05) is 32.0 Å². The summed E-state index contributed by atoms with van der Waals surface area (Å²) < 4.78 is 10.7. The van der Waals surface area contributed by atoms with E-state index in [9.17, 15) is 14.9 Å². The van der Waals surface area contributed by atoms with Crippen LogP contribution in [-0.4, -0.2) is 23.6 Å². The van der Waals surface area contributed by atoms with Gasteiger partial charge in [-0.25, -0.2) is 4.79 Å². The molecule has 0 aliphatic rings. The largest absolute Gasteiger partial charge is 0.462 e. The van der Waals surface area contributed by atoms with Gasteiger partial charge in [-0.15, -0.1) is 11.3 Å². The number of ether oxygens (including phenoxy) is 1. The van der Waals surface area contributed by atoms with Crippen LogP contribution in [0.4, 0.5) is 5.00 Å². The van der Waals surface area contributed by atoms with Crippen LogP contribution in [0.15, 0.2) is 34.7 Å². The Morgan fingerprint density at radius 3 is 2.59 bits per heavy atom. The molecule has 0 atom stereocenters. The van der Waals surface area contributed by atoms with Crippen LogP contribution >= 0.6 is 23.6 Å². The molecule has 0 spiro atoms. The molecule has 2 N–H and O–H groups in total. The summed E-state index contributed by atoms with van der Waals surface area (Å²) in [5.74, 6) is -0.381. The Kier molecular flexibility index (Phi) is 7.08. The van der Waals surface area contributed by atoms with Gasteiger partial charge in [-0.2, -0.15) is 5.26 Å². The van der Waals surface area contributed by atoms with Crippen molar-refractivity contribution in [3.63, 3.8) is 0 Å². The summed E-state index contributed by atoms with van der Waals surface area (Å²) >= 11 is 6.26. The summed E-state index contributed by atoms with van der Waals surface area (Å²) in [6, 6.07) is 11.3. The molecule has 0 unspecified atom stereocenters. The standard InChI is InChI=1S/C23H21N3O4S2/c1-5-29-22(28)19-14(4)16(11-24)21(32-19)26-23(31)25-20(27)18-9-8-17(30-18)15-7-6-12(2)13(3)10-15/h6-10H,5H2,1-4H3,(H2,25,26,27,31). The Labute approximate surface area is 195 Å². The van der Waals surface area contributed by atoms with E-state index in [0.717, 1.165) is 22.5 Å².